The number of fused-ring (bicyclic) bond motifs is 1. The molecule has 0 saturated heterocycles. The van der Waals surface area contributed by atoms with Crippen LogP contribution in [-0.4, -0.2) is 38.3 Å². The first kappa shape index (κ1) is 20.3. The number of amides is 1. The Morgan fingerprint density at radius 3 is 2.69 bits per heavy atom. The minimum atomic E-state index is -0.929. The average Bonchev–Trinajstić information content (AvgIpc) is 2.76. The molecule has 3 rings (SSSR count). The van der Waals surface area contributed by atoms with E-state index in [1.165, 1.54) is 13.0 Å². The molecule has 1 amide bonds. The number of nitrogens with one attached hydrogen (secondary N) is 1. The lowest BCUT2D eigenvalue weighted by Crippen LogP contribution is -2.35. The molecule has 0 spiro atoms. The Hall–Kier alpha value is -3.48. The van der Waals surface area contributed by atoms with Crippen LogP contribution < -0.4 is 19.5 Å². The van der Waals surface area contributed by atoms with Crippen molar-refractivity contribution in [2.75, 3.05) is 20.3 Å². The van der Waals surface area contributed by atoms with Gasteiger partial charge in [0.25, 0.3) is 5.91 Å². The van der Waals surface area contributed by atoms with E-state index >= 15 is 0 Å². The van der Waals surface area contributed by atoms with E-state index in [0.717, 1.165) is 11.1 Å². The zero-order valence-electron chi connectivity index (χ0n) is 16.3. The van der Waals surface area contributed by atoms with Gasteiger partial charge in [0.15, 0.2) is 17.6 Å². The number of hydrogen-bond acceptors (Lipinski definition) is 6. The third-order valence-electron chi connectivity index (χ3n) is 4.29. The maximum Gasteiger partial charge on any atom is 0.331 e. The van der Waals surface area contributed by atoms with Gasteiger partial charge in [0.2, 0.25) is 0 Å². The van der Waals surface area contributed by atoms with Crippen LogP contribution in [0.15, 0.2) is 48.5 Å². The smallest absolute Gasteiger partial charge is 0.331 e. The molecule has 1 heterocycles. The molecular weight excluding hydrogens is 374 g/mol. The number of carbonyl (C=O) groups excluding carboxylic acids is 2. The van der Waals surface area contributed by atoms with Crippen LogP contribution in [0.3, 0.4) is 0 Å². The minimum absolute atomic E-state index is 0.276. The molecular formula is C22H23NO6. The number of carbonyl (C=O) groups is 2. The van der Waals surface area contributed by atoms with E-state index in [9.17, 15) is 9.59 Å². The summed E-state index contributed by atoms with van der Waals surface area (Å²) in [6.45, 7) is 2.81. The highest BCUT2D eigenvalue weighted by Gasteiger charge is 2.17. The van der Waals surface area contributed by atoms with Crippen LogP contribution in [0.4, 0.5) is 0 Å². The van der Waals surface area contributed by atoms with Crippen LogP contribution in [-0.2, 0) is 20.9 Å². The first-order chi connectivity index (χ1) is 14.1. The molecule has 29 heavy (non-hydrogen) atoms. The van der Waals surface area contributed by atoms with Crippen LogP contribution in [0.2, 0.25) is 0 Å². The zero-order valence-corrected chi connectivity index (χ0v) is 16.3. The van der Waals surface area contributed by atoms with Gasteiger partial charge in [0.1, 0.15) is 19.0 Å². The third-order valence-corrected chi connectivity index (χ3v) is 4.29. The fraction of sp³-hybridized carbons (Fsp3) is 0.273. The quantitative estimate of drug-likeness (QED) is 0.571. The molecule has 0 bridgehead atoms. The summed E-state index contributed by atoms with van der Waals surface area (Å²) in [6.07, 6.45) is 1.94. The van der Waals surface area contributed by atoms with E-state index in [1.54, 1.807) is 31.4 Å². The molecule has 0 aromatic heterocycles. The van der Waals surface area contributed by atoms with Crippen molar-refractivity contribution in [3.05, 3.63) is 59.7 Å². The summed E-state index contributed by atoms with van der Waals surface area (Å²) >= 11 is 0. The Morgan fingerprint density at radius 1 is 1.14 bits per heavy atom. The van der Waals surface area contributed by atoms with Crippen LogP contribution in [0.25, 0.3) is 6.08 Å². The highest BCUT2D eigenvalue weighted by molar-refractivity contribution is 5.90. The molecule has 2 aromatic rings. The van der Waals surface area contributed by atoms with Gasteiger partial charge >= 0.3 is 5.97 Å². The van der Waals surface area contributed by atoms with Crippen molar-refractivity contribution in [3.63, 3.8) is 0 Å². The predicted molar refractivity (Wildman–Crippen MR) is 107 cm³/mol. The fourth-order valence-electron chi connectivity index (χ4n) is 2.77. The second-order valence-corrected chi connectivity index (χ2v) is 6.35. The molecule has 0 saturated carbocycles. The van der Waals surface area contributed by atoms with E-state index in [-0.39, 0.29) is 6.54 Å². The van der Waals surface area contributed by atoms with Gasteiger partial charge in [0.05, 0.1) is 7.11 Å². The van der Waals surface area contributed by atoms with Crippen molar-refractivity contribution >= 4 is 18.0 Å². The molecule has 0 fully saturated rings. The van der Waals surface area contributed by atoms with Crippen molar-refractivity contribution in [1.29, 1.82) is 0 Å². The van der Waals surface area contributed by atoms with Gasteiger partial charge < -0.3 is 24.3 Å². The number of benzene rings is 2. The van der Waals surface area contributed by atoms with Gasteiger partial charge in [-0.15, -0.1) is 0 Å². The van der Waals surface area contributed by atoms with Crippen LogP contribution in [0, 0.1) is 0 Å². The lowest BCUT2D eigenvalue weighted by molar-refractivity contribution is -0.150. The van der Waals surface area contributed by atoms with E-state index in [0.29, 0.717) is 30.5 Å². The van der Waals surface area contributed by atoms with E-state index in [4.69, 9.17) is 18.9 Å². The van der Waals surface area contributed by atoms with Gasteiger partial charge in [-0.2, -0.15) is 0 Å². The maximum atomic E-state index is 12.2. The van der Waals surface area contributed by atoms with Gasteiger partial charge in [-0.05, 0) is 36.8 Å². The summed E-state index contributed by atoms with van der Waals surface area (Å²) in [4.78, 5) is 24.2. The molecule has 152 valence electrons. The summed E-state index contributed by atoms with van der Waals surface area (Å²) in [5.74, 6) is 0.990. The lowest BCUT2D eigenvalue weighted by atomic mass is 10.2. The second kappa shape index (κ2) is 9.64. The van der Waals surface area contributed by atoms with Crippen molar-refractivity contribution in [2.24, 2.45) is 0 Å². The highest BCUT2D eigenvalue weighted by Crippen LogP contribution is 2.31. The molecule has 7 heteroatoms. The Bertz CT molecular complexity index is 908. The molecule has 1 aliphatic rings. The van der Waals surface area contributed by atoms with Crippen molar-refractivity contribution < 1.29 is 28.5 Å². The number of para-hydroxylation sites is 1. The predicted octanol–water partition coefficient (Wildman–Crippen LogP) is 2.73. The standard InChI is InChI=1S/C22H23NO6/c1-15(22(25)23-14-17-5-3-4-6-18(17)26-2)29-21(24)10-8-16-7-9-19-20(13-16)28-12-11-27-19/h3-10,13,15H,11-12,14H2,1-2H3,(H,23,25)/b10-8+/t15-/m1/s1. The Morgan fingerprint density at radius 2 is 1.90 bits per heavy atom. The normalized spacial score (nSPS) is 13.6. The maximum absolute atomic E-state index is 12.2. The summed E-state index contributed by atoms with van der Waals surface area (Å²) in [6, 6.07) is 12.7. The number of esters is 1. The van der Waals surface area contributed by atoms with Crippen LogP contribution in [0.1, 0.15) is 18.1 Å². The monoisotopic (exact) mass is 397 g/mol. The summed E-state index contributed by atoms with van der Waals surface area (Å²) in [5.41, 5.74) is 1.60. The molecule has 0 unspecified atom stereocenters. The van der Waals surface area contributed by atoms with Gasteiger partial charge in [-0.1, -0.05) is 24.3 Å². The Kier molecular flexibility index (Phi) is 6.73. The van der Waals surface area contributed by atoms with Crippen LogP contribution >= 0.6 is 0 Å². The topological polar surface area (TPSA) is 83.1 Å². The number of ether oxygens (including phenoxy) is 4. The number of methoxy groups -OCH3 is 1. The summed E-state index contributed by atoms with van der Waals surface area (Å²) in [5, 5.41) is 2.74. The van der Waals surface area contributed by atoms with Gasteiger partial charge in [-0.3, -0.25) is 4.79 Å². The minimum Gasteiger partial charge on any atom is -0.496 e. The Labute approximate surface area is 169 Å². The largest absolute Gasteiger partial charge is 0.496 e. The number of hydrogen-bond donors (Lipinski definition) is 1. The average molecular weight is 397 g/mol. The fourth-order valence-corrected chi connectivity index (χ4v) is 2.77. The van der Waals surface area contributed by atoms with E-state index in [2.05, 4.69) is 5.32 Å². The summed E-state index contributed by atoms with van der Waals surface area (Å²) in [7, 11) is 1.57. The molecule has 0 radical (unpaired) electrons. The lowest BCUT2D eigenvalue weighted by Gasteiger charge is -2.18. The molecule has 1 atom stereocenters. The van der Waals surface area contributed by atoms with Crippen molar-refractivity contribution in [1.82, 2.24) is 5.32 Å². The Balaban J connectivity index is 1.50. The molecule has 0 aliphatic carbocycles. The third kappa shape index (κ3) is 5.51. The summed E-state index contributed by atoms with van der Waals surface area (Å²) < 4.78 is 21.4. The zero-order chi connectivity index (χ0) is 20.6. The second-order valence-electron chi connectivity index (χ2n) is 6.35. The molecule has 7 nitrogen and oxygen atoms in total. The van der Waals surface area contributed by atoms with Crippen molar-refractivity contribution in [3.8, 4) is 17.2 Å². The first-order valence-electron chi connectivity index (χ1n) is 9.25. The van der Waals surface area contributed by atoms with E-state index in [1.807, 2.05) is 24.3 Å². The first-order valence-corrected chi connectivity index (χ1v) is 9.25. The van der Waals surface area contributed by atoms with Crippen LogP contribution in [0.5, 0.6) is 17.2 Å². The van der Waals surface area contributed by atoms with Crippen molar-refractivity contribution in [2.45, 2.75) is 19.6 Å². The number of rotatable bonds is 7. The van der Waals surface area contributed by atoms with Gasteiger partial charge in [0, 0.05) is 18.2 Å². The highest BCUT2D eigenvalue weighted by atomic mass is 16.6. The molecule has 2 aromatic carbocycles. The SMILES string of the molecule is COc1ccccc1CNC(=O)[C@@H](C)OC(=O)/C=C/c1ccc2c(c1)OCCO2. The molecule has 1 aliphatic heterocycles. The van der Waals surface area contributed by atoms with E-state index < -0.39 is 18.0 Å². The molecule has 1 N–H and O–H groups in total. The van der Waals surface area contributed by atoms with Gasteiger partial charge in [-0.25, -0.2) is 4.79 Å².